The zero-order valence-electron chi connectivity index (χ0n) is 26.7. The molecule has 13 heteroatoms. The Morgan fingerprint density at radius 1 is 0.900 bits per heavy atom. The van der Waals surface area contributed by atoms with Gasteiger partial charge in [-0.05, 0) is 85.0 Å². The molecule has 0 saturated heterocycles. The van der Waals surface area contributed by atoms with Crippen LogP contribution in [-0.4, -0.2) is 49.7 Å². The summed E-state index contributed by atoms with van der Waals surface area (Å²) in [6, 6.07) is 29.0. The van der Waals surface area contributed by atoms with Crippen LogP contribution in [0.15, 0.2) is 91.0 Å². The first-order valence-electron chi connectivity index (χ1n) is 16.1. The number of imidazole rings is 1. The third-order valence-corrected chi connectivity index (χ3v) is 10.8. The number of aryl methyl sites for hydroxylation is 1. The second-order valence-electron chi connectivity index (χ2n) is 11.9. The number of carboxylic acids is 1. The monoisotopic (exact) mass is 701 g/mol. The number of hydrogen-bond donors (Lipinski definition) is 3. The number of nitrogens with two attached hydrogens (primary N) is 1. The zero-order chi connectivity index (χ0) is 34.2. The minimum absolute atomic E-state index is 0.0622. The van der Waals surface area contributed by atoms with E-state index >= 15 is 0 Å². The second-order valence-corrected chi connectivity index (χ2v) is 14.0. The molecule has 4 N–H and O–H groups in total. The Morgan fingerprint density at radius 2 is 1.70 bits per heavy atom. The number of carbonyl (C=O) groups excluding carboxylic acids is 1. The molecule has 8 rings (SSSR count). The van der Waals surface area contributed by atoms with E-state index < -0.39 is 5.97 Å². The third-order valence-electron chi connectivity index (χ3n) is 8.69. The SMILES string of the molecule is Nc1nc2ccccc2n1-c1ccc(OCCCc2sc(N3CCc4cccc(C(=O)Nc5nc6ccccc6s5)c4C3)nc2C(=O)O)cc1. The maximum Gasteiger partial charge on any atom is 0.355 e. The summed E-state index contributed by atoms with van der Waals surface area (Å²) in [7, 11) is 0. The lowest BCUT2D eigenvalue weighted by atomic mass is 9.94. The van der Waals surface area contributed by atoms with Crippen molar-refractivity contribution in [3.63, 3.8) is 0 Å². The van der Waals surface area contributed by atoms with Crippen LogP contribution in [-0.2, 0) is 19.4 Å². The second kappa shape index (κ2) is 13.3. The van der Waals surface area contributed by atoms with E-state index in [1.165, 1.54) is 22.7 Å². The maximum absolute atomic E-state index is 13.5. The zero-order valence-corrected chi connectivity index (χ0v) is 28.3. The smallest absolute Gasteiger partial charge is 0.355 e. The summed E-state index contributed by atoms with van der Waals surface area (Å²) >= 11 is 2.82. The number of rotatable bonds is 10. The fourth-order valence-corrected chi connectivity index (χ4v) is 8.27. The number of aromatic nitrogens is 4. The maximum atomic E-state index is 13.5. The first-order valence-corrected chi connectivity index (χ1v) is 17.8. The summed E-state index contributed by atoms with van der Waals surface area (Å²) in [4.78, 5) is 42.0. The Hall–Kier alpha value is -5.79. The Balaban J connectivity index is 0.922. The summed E-state index contributed by atoms with van der Waals surface area (Å²) in [5.74, 6) is -0.158. The molecular weight excluding hydrogens is 671 g/mol. The van der Waals surface area contributed by atoms with Crippen molar-refractivity contribution < 1.29 is 19.4 Å². The van der Waals surface area contributed by atoms with Crippen LogP contribution < -0.4 is 20.7 Å². The van der Waals surface area contributed by atoms with Gasteiger partial charge in [0.1, 0.15) is 5.75 Å². The molecule has 0 aliphatic carbocycles. The van der Waals surface area contributed by atoms with E-state index in [9.17, 15) is 14.7 Å². The van der Waals surface area contributed by atoms with E-state index in [4.69, 9.17) is 10.5 Å². The minimum atomic E-state index is -1.06. The minimum Gasteiger partial charge on any atom is -0.494 e. The Morgan fingerprint density at radius 3 is 2.52 bits per heavy atom. The van der Waals surface area contributed by atoms with Gasteiger partial charge in [0.15, 0.2) is 16.0 Å². The van der Waals surface area contributed by atoms with Crippen molar-refractivity contribution in [2.45, 2.75) is 25.8 Å². The summed E-state index contributed by atoms with van der Waals surface area (Å²) in [6.45, 7) is 1.53. The topological polar surface area (TPSA) is 148 Å². The highest BCUT2D eigenvalue weighted by Crippen LogP contribution is 2.34. The van der Waals surface area contributed by atoms with Crippen LogP contribution in [0.25, 0.3) is 26.9 Å². The van der Waals surface area contributed by atoms with Crippen LogP contribution in [0.5, 0.6) is 5.75 Å². The Labute approximate surface area is 294 Å². The number of para-hydroxylation sites is 3. The highest BCUT2D eigenvalue weighted by atomic mass is 32.1. The number of benzene rings is 4. The summed E-state index contributed by atoms with van der Waals surface area (Å²) in [5, 5.41) is 14.1. The number of nitrogen functional groups attached to an aromatic ring is 1. The number of ether oxygens (including phenoxy) is 1. The summed E-state index contributed by atoms with van der Waals surface area (Å²) in [6.07, 6.45) is 1.84. The van der Waals surface area contributed by atoms with Crippen molar-refractivity contribution in [1.82, 2.24) is 19.5 Å². The molecule has 1 amide bonds. The summed E-state index contributed by atoms with van der Waals surface area (Å²) < 4.78 is 8.91. The van der Waals surface area contributed by atoms with Crippen LogP contribution in [0.4, 0.5) is 16.2 Å². The van der Waals surface area contributed by atoms with Crippen LogP contribution in [0.2, 0.25) is 0 Å². The van der Waals surface area contributed by atoms with Crippen LogP contribution in [0.1, 0.15) is 43.3 Å². The molecule has 4 heterocycles. The van der Waals surface area contributed by atoms with Gasteiger partial charge in [-0.25, -0.2) is 19.7 Å². The van der Waals surface area contributed by atoms with E-state index in [0.29, 0.717) is 71.4 Å². The van der Waals surface area contributed by atoms with Crippen LogP contribution in [0, 0.1) is 0 Å². The van der Waals surface area contributed by atoms with Gasteiger partial charge in [-0.2, -0.15) is 0 Å². The van der Waals surface area contributed by atoms with E-state index in [1.54, 1.807) is 0 Å². The Bertz CT molecular complexity index is 2350. The molecule has 0 bridgehead atoms. The largest absolute Gasteiger partial charge is 0.494 e. The van der Waals surface area contributed by atoms with Crippen molar-refractivity contribution in [3.8, 4) is 11.4 Å². The molecule has 0 unspecified atom stereocenters. The molecule has 1 aliphatic heterocycles. The first kappa shape index (κ1) is 31.5. The van der Waals surface area contributed by atoms with Gasteiger partial charge < -0.3 is 20.5 Å². The Kier molecular flexibility index (Phi) is 8.34. The predicted molar refractivity (Wildman–Crippen MR) is 197 cm³/mol. The van der Waals surface area contributed by atoms with Crippen LogP contribution in [0.3, 0.4) is 0 Å². The van der Waals surface area contributed by atoms with Crippen molar-refractivity contribution >= 4 is 72.0 Å². The predicted octanol–water partition coefficient (Wildman–Crippen LogP) is 7.20. The number of nitrogens with one attached hydrogen (secondary N) is 1. The average molecular weight is 702 g/mol. The standard InChI is InChI=1S/C37H31N7O4S2/c38-35-39-27-9-1-3-11-29(27)44(35)23-14-16-24(17-15-23)48-20-6-13-31-32(34(46)47)41-37(50-31)43-19-18-22-7-5-8-25(26(22)21-43)33(45)42-36-40-28-10-2-4-12-30(28)49-36/h1-5,7-12,14-17H,6,13,18-21H2,(H2,38,39)(H,46,47)(H,40,42,45). The molecule has 50 heavy (non-hydrogen) atoms. The lowest BCUT2D eigenvalue weighted by molar-refractivity contribution is 0.0690. The molecule has 0 spiro atoms. The molecule has 250 valence electrons. The number of aromatic carboxylic acids is 1. The quantitative estimate of drug-likeness (QED) is 0.126. The van der Waals surface area contributed by atoms with Crippen molar-refractivity contribution in [2.24, 2.45) is 0 Å². The van der Waals surface area contributed by atoms with Gasteiger partial charge in [-0.3, -0.25) is 14.7 Å². The van der Waals surface area contributed by atoms with Crippen LogP contribution >= 0.6 is 22.7 Å². The lowest BCUT2D eigenvalue weighted by Crippen LogP contribution is -2.32. The molecular formula is C37H31N7O4S2. The number of nitrogens with zero attached hydrogens (tertiary/aromatic N) is 5. The number of carboxylic acid groups (broad SMARTS) is 1. The molecule has 0 fully saturated rings. The third kappa shape index (κ3) is 6.12. The molecule has 4 aromatic carbocycles. The number of thiazole rings is 2. The number of anilines is 3. The molecule has 1 aliphatic rings. The van der Waals surface area contributed by atoms with Crippen molar-refractivity contribution in [1.29, 1.82) is 0 Å². The summed E-state index contributed by atoms with van der Waals surface area (Å²) in [5.41, 5.74) is 12.3. The molecule has 0 saturated carbocycles. The van der Waals surface area contributed by atoms with Gasteiger partial charge in [-0.1, -0.05) is 47.7 Å². The molecule has 0 radical (unpaired) electrons. The van der Waals surface area contributed by atoms with Gasteiger partial charge in [0.05, 0.1) is 27.9 Å². The van der Waals surface area contributed by atoms with E-state index in [-0.39, 0.29) is 11.6 Å². The normalized spacial score (nSPS) is 12.7. The number of fused-ring (bicyclic) bond motifs is 3. The highest BCUT2D eigenvalue weighted by Gasteiger charge is 2.27. The van der Waals surface area contributed by atoms with Gasteiger partial charge in [0.25, 0.3) is 5.91 Å². The van der Waals surface area contributed by atoms with Gasteiger partial charge in [0.2, 0.25) is 5.95 Å². The van der Waals surface area contributed by atoms with Gasteiger partial charge in [-0.15, -0.1) is 11.3 Å². The van der Waals surface area contributed by atoms with Gasteiger partial charge in [0, 0.05) is 29.2 Å². The van der Waals surface area contributed by atoms with Crippen molar-refractivity contribution in [3.05, 3.63) is 118 Å². The molecule has 0 atom stereocenters. The fourth-order valence-electron chi connectivity index (χ4n) is 6.29. The lowest BCUT2D eigenvalue weighted by Gasteiger charge is -2.29. The van der Waals surface area contributed by atoms with Crippen molar-refractivity contribution in [2.75, 3.05) is 29.1 Å². The number of amides is 1. The molecule has 7 aromatic rings. The molecule has 11 nitrogen and oxygen atoms in total. The van der Waals surface area contributed by atoms with E-state index in [2.05, 4.69) is 25.2 Å². The van der Waals surface area contributed by atoms with E-state index in [0.717, 1.165) is 38.1 Å². The van der Waals surface area contributed by atoms with Gasteiger partial charge >= 0.3 is 5.97 Å². The fraction of sp³-hybridized carbons (Fsp3) is 0.162. The molecule has 3 aromatic heterocycles. The average Bonchev–Trinajstić information content (AvgIpc) is 3.84. The number of hydrogen-bond acceptors (Lipinski definition) is 10. The highest BCUT2D eigenvalue weighted by molar-refractivity contribution is 7.22. The first-order chi connectivity index (χ1) is 24.4. The number of carbonyl (C=O) groups is 2. The van der Waals surface area contributed by atoms with E-state index in [1.807, 2.05) is 95.6 Å².